The first-order valence-electron chi connectivity index (χ1n) is 10.3. The predicted molar refractivity (Wildman–Crippen MR) is 123 cm³/mol. The van der Waals surface area contributed by atoms with Gasteiger partial charge in [0.05, 0.1) is 5.41 Å². The van der Waals surface area contributed by atoms with Crippen LogP contribution in [-0.4, -0.2) is 30.8 Å². The van der Waals surface area contributed by atoms with Gasteiger partial charge in [0.15, 0.2) is 0 Å². The number of carbonyl (C=O) groups is 2. The van der Waals surface area contributed by atoms with Crippen LogP contribution in [0.3, 0.4) is 0 Å². The Hall–Kier alpha value is -3.11. The van der Waals surface area contributed by atoms with Crippen LogP contribution in [0.15, 0.2) is 72.8 Å². The molecule has 3 aromatic carbocycles. The summed E-state index contributed by atoms with van der Waals surface area (Å²) in [5.41, 5.74) is 3.72. The summed E-state index contributed by atoms with van der Waals surface area (Å²) < 4.78 is 0. The van der Waals surface area contributed by atoms with Crippen molar-refractivity contribution in [3.63, 3.8) is 0 Å². The number of halogens is 1. The number of carbonyl (C=O) groups excluding carboxylic acids is 2. The fourth-order valence-corrected chi connectivity index (χ4v) is 5.35. The van der Waals surface area contributed by atoms with Gasteiger partial charge in [-0.15, -0.1) is 0 Å². The molecule has 0 unspecified atom stereocenters. The van der Waals surface area contributed by atoms with E-state index in [0.29, 0.717) is 17.0 Å². The molecule has 5 rings (SSSR count). The van der Waals surface area contributed by atoms with Gasteiger partial charge in [0.1, 0.15) is 0 Å². The van der Waals surface area contributed by atoms with E-state index in [0.717, 1.165) is 28.8 Å². The van der Waals surface area contributed by atoms with E-state index in [-0.39, 0.29) is 11.8 Å². The Morgan fingerprint density at radius 3 is 2.52 bits per heavy atom. The van der Waals surface area contributed by atoms with Gasteiger partial charge in [0.2, 0.25) is 5.91 Å². The van der Waals surface area contributed by atoms with Gasteiger partial charge < -0.3 is 10.2 Å². The van der Waals surface area contributed by atoms with Crippen molar-refractivity contribution in [2.45, 2.75) is 23.7 Å². The summed E-state index contributed by atoms with van der Waals surface area (Å²) in [5, 5.41) is 3.76. The SMILES string of the molecule is CN(C)C(=O)c1cccc(C[C@@]2(c3ccc(Cl)cc3)C[C@@]23C(=O)Nc2ccccc23)c1. The third kappa shape index (κ3) is 2.89. The van der Waals surface area contributed by atoms with Crippen molar-refractivity contribution >= 4 is 29.1 Å². The standard InChI is InChI=1S/C26H23ClN2O2/c1-29(2)23(30)18-7-5-6-17(14-18)15-25(19-10-12-20(27)13-11-19)16-26(25)21-8-3-4-9-22(21)28-24(26)31/h3-14H,15-16H2,1-2H3,(H,28,31)/t25-,26+/m0/s1. The Labute approximate surface area is 186 Å². The van der Waals surface area contributed by atoms with Crippen LogP contribution in [0.2, 0.25) is 5.02 Å². The van der Waals surface area contributed by atoms with E-state index in [9.17, 15) is 9.59 Å². The van der Waals surface area contributed by atoms with Gasteiger partial charge in [-0.25, -0.2) is 0 Å². The number of nitrogens with zero attached hydrogens (tertiary/aromatic N) is 1. The molecule has 0 radical (unpaired) electrons. The van der Waals surface area contributed by atoms with E-state index in [2.05, 4.69) is 11.4 Å². The Bertz CT molecular complexity index is 1200. The van der Waals surface area contributed by atoms with Crippen LogP contribution in [0.4, 0.5) is 5.69 Å². The molecular weight excluding hydrogens is 408 g/mol. The van der Waals surface area contributed by atoms with Gasteiger partial charge in [0, 0.05) is 35.8 Å². The van der Waals surface area contributed by atoms with Crippen LogP contribution in [0.1, 0.15) is 33.5 Å². The molecule has 0 bridgehead atoms. The molecule has 2 aliphatic rings. The minimum Gasteiger partial charge on any atom is -0.345 e. The van der Waals surface area contributed by atoms with Crippen LogP contribution in [-0.2, 0) is 22.0 Å². The highest BCUT2D eigenvalue weighted by molar-refractivity contribution is 6.30. The molecule has 1 aliphatic carbocycles. The molecule has 2 amide bonds. The lowest BCUT2D eigenvalue weighted by Gasteiger charge is -2.23. The van der Waals surface area contributed by atoms with Gasteiger partial charge in [-0.05, 0) is 59.9 Å². The summed E-state index contributed by atoms with van der Waals surface area (Å²) in [6.45, 7) is 0. The van der Waals surface area contributed by atoms with Crippen LogP contribution >= 0.6 is 11.6 Å². The van der Waals surface area contributed by atoms with Crippen molar-refractivity contribution in [1.82, 2.24) is 4.90 Å². The lowest BCUT2D eigenvalue weighted by atomic mass is 9.78. The second kappa shape index (κ2) is 6.96. The Balaban J connectivity index is 1.62. The molecule has 4 nitrogen and oxygen atoms in total. The Morgan fingerprint density at radius 1 is 1.03 bits per heavy atom. The van der Waals surface area contributed by atoms with E-state index in [1.165, 1.54) is 0 Å². The number of benzene rings is 3. The highest BCUT2D eigenvalue weighted by Gasteiger charge is 2.75. The van der Waals surface area contributed by atoms with Crippen LogP contribution in [0.5, 0.6) is 0 Å². The number of fused-ring (bicyclic) bond motifs is 2. The van der Waals surface area contributed by atoms with Crippen molar-refractivity contribution in [2.24, 2.45) is 0 Å². The minimum atomic E-state index is -0.612. The maximum atomic E-state index is 13.3. The number of rotatable bonds is 4. The van der Waals surface area contributed by atoms with Gasteiger partial charge in [0.25, 0.3) is 5.91 Å². The van der Waals surface area contributed by atoms with E-state index in [1.54, 1.807) is 19.0 Å². The molecule has 1 N–H and O–H groups in total. The summed E-state index contributed by atoms with van der Waals surface area (Å²) in [7, 11) is 3.50. The van der Waals surface area contributed by atoms with E-state index in [1.807, 2.05) is 66.7 Å². The fraction of sp³-hybridized carbons (Fsp3) is 0.231. The van der Waals surface area contributed by atoms with Crippen molar-refractivity contribution in [1.29, 1.82) is 0 Å². The molecule has 0 saturated heterocycles. The second-order valence-corrected chi connectivity index (χ2v) is 9.18. The molecule has 1 saturated carbocycles. The molecule has 156 valence electrons. The number of para-hydroxylation sites is 1. The van der Waals surface area contributed by atoms with Crippen LogP contribution in [0, 0.1) is 0 Å². The summed E-state index contributed by atoms with van der Waals surface area (Å²) in [4.78, 5) is 27.4. The third-order valence-corrected chi connectivity index (χ3v) is 7.02. The summed E-state index contributed by atoms with van der Waals surface area (Å²) in [6.07, 6.45) is 1.38. The van der Waals surface area contributed by atoms with Crippen LogP contribution in [0.25, 0.3) is 0 Å². The summed E-state index contributed by atoms with van der Waals surface area (Å²) >= 11 is 6.17. The summed E-state index contributed by atoms with van der Waals surface area (Å²) in [5.74, 6) is 0.0148. The molecular formula is C26H23ClN2O2. The second-order valence-electron chi connectivity index (χ2n) is 8.75. The average molecular weight is 431 g/mol. The molecule has 1 aliphatic heterocycles. The Morgan fingerprint density at radius 2 is 1.77 bits per heavy atom. The lowest BCUT2D eigenvalue weighted by molar-refractivity contribution is -0.118. The van der Waals surface area contributed by atoms with E-state index in [4.69, 9.17) is 11.6 Å². The van der Waals surface area contributed by atoms with Crippen LogP contribution < -0.4 is 5.32 Å². The molecule has 0 aromatic heterocycles. The quantitative estimate of drug-likeness (QED) is 0.645. The highest BCUT2D eigenvalue weighted by Crippen LogP contribution is 2.70. The molecule has 5 heteroatoms. The maximum absolute atomic E-state index is 13.3. The monoisotopic (exact) mass is 430 g/mol. The third-order valence-electron chi connectivity index (χ3n) is 6.76. The minimum absolute atomic E-state index is 0.0307. The number of amides is 2. The van der Waals surface area contributed by atoms with Crippen molar-refractivity contribution in [3.05, 3.63) is 100 Å². The largest absolute Gasteiger partial charge is 0.345 e. The van der Waals surface area contributed by atoms with Gasteiger partial charge in [-0.2, -0.15) is 0 Å². The van der Waals surface area contributed by atoms with Gasteiger partial charge in [-0.1, -0.05) is 54.1 Å². The molecule has 1 heterocycles. The topological polar surface area (TPSA) is 49.4 Å². The number of hydrogen-bond donors (Lipinski definition) is 1. The maximum Gasteiger partial charge on any atom is 0.253 e. The van der Waals surface area contributed by atoms with Gasteiger partial charge in [-0.3, -0.25) is 9.59 Å². The van der Waals surface area contributed by atoms with Gasteiger partial charge >= 0.3 is 0 Å². The van der Waals surface area contributed by atoms with Crippen molar-refractivity contribution in [2.75, 3.05) is 19.4 Å². The first-order valence-corrected chi connectivity index (χ1v) is 10.7. The summed E-state index contributed by atoms with van der Waals surface area (Å²) in [6, 6.07) is 23.5. The normalized spacial score (nSPS) is 23.4. The van der Waals surface area contributed by atoms with E-state index < -0.39 is 10.8 Å². The first-order chi connectivity index (χ1) is 14.9. The zero-order chi connectivity index (χ0) is 21.8. The molecule has 1 spiro atoms. The number of hydrogen-bond acceptors (Lipinski definition) is 2. The van der Waals surface area contributed by atoms with Crippen molar-refractivity contribution in [3.8, 4) is 0 Å². The lowest BCUT2D eigenvalue weighted by Crippen LogP contribution is -2.31. The van der Waals surface area contributed by atoms with Crippen molar-refractivity contribution < 1.29 is 9.59 Å². The van der Waals surface area contributed by atoms with E-state index >= 15 is 0 Å². The Kier molecular flexibility index (Phi) is 4.45. The molecule has 1 fully saturated rings. The fourth-order valence-electron chi connectivity index (χ4n) is 5.23. The molecule has 2 atom stereocenters. The number of anilines is 1. The molecule has 31 heavy (non-hydrogen) atoms. The number of nitrogens with one attached hydrogen (secondary N) is 1. The first kappa shape index (κ1) is 19.8. The average Bonchev–Trinajstić information content (AvgIpc) is 3.35. The predicted octanol–water partition coefficient (Wildman–Crippen LogP) is 4.82. The zero-order valence-electron chi connectivity index (χ0n) is 17.5. The highest BCUT2D eigenvalue weighted by atomic mass is 35.5. The molecule has 3 aromatic rings. The smallest absolute Gasteiger partial charge is 0.253 e. The zero-order valence-corrected chi connectivity index (χ0v) is 18.2.